The molecule has 6 atom stereocenters. The van der Waals surface area contributed by atoms with E-state index in [9.17, 15) is 44.6 Å². The minimum absolute atomic E-state index is 0.0949. The lowest BCUT2D eigenvalue weighted by Crippen LogP contribution is -2.64. The maximum Gasteiger partial charge on any atom is 0.472 e. The van der Waals surface area contributed by atoms with Gasteiger partial charge in [0, 0.05) is 12.8 Å². The number of unbranched alkanes of at least 4 members (excludes halogenated alkanes) is 27. The van der Waals surface area contributed by atoms with Crippen molar-refractivity contribution in [3.05, 3.63) is 24.3 Å². The number of phosphoric ester groups is 1. The Morgan fingerprint density at radius 2 is 0.844 bits per heavy atom. The van der Waals surface area contributed by atoms with E-state index in [1.807, 2.05) is 0 Å². The third kappa shape index (κ3) is 32.1. The number of carbonyl (C=O) groups excluding carboxylic acids is 2. The minimum atomic E-state index is -5.12. The van der Waals surface area contributed by atoms with Crippen LogP contribution in [0.2, 0.25) is 0 Å². The molecule has 13 nitrogen and oxygen atoms in total. The van der Waals surface area contributed by atoms with Gasteiger partial charge in [-0.1, -0.05) is 192 Å². The number of rotatable bonds is 43. The number of allylic oxidation sites excluding steroid dienone is 4. The summed E-state index contributed by atoms with van der Waals surface area (Å²) in [4.78, 5) is 35.8. The van der Waals surface area contributed by atoms with E-state index < -0.39 is 75.7 Å². The molecule has 1 aliphatic carbocycles. The molecule has 6 N–H and O–H groups in total. The summed E-state index contributed by atoms with van der Waals surface area (Å²) in [7, 11) is -5.12. The minimum Gasteiger partial charge on any atom is -0.462 e. The molecule has 1 saturated carbocycles. The summed E-state index contributed by atoms with van der Waals surface area (Å²) in [5.41, 5.74) is 0. The highest BCUT2D eigenvalue weighted by Crippen LogP contribution is 2.47. The van der Waals surface area contributed by atoms with Crippen LogP contribution in [0, 0.1) is 0 Å². The van der Waals surface area contributed by atoms with E-state index in [1.54, 1.807) is 0 Å². The molecule has 6 unspecified atom stereocenters. The van der Waals surface area contributed by atoms with E-state index in [0.717, 1.165) is 57.8 Å². The molecule has 0 aromatic carbocycles. The van der Waals surface area contributed by atoms with Gasteiger partial charge < -0.3 is 39.9 Å². The van der Waals surface area contributed by atoms with Crippen molar-refractivity contribution in [2.75, 3.05) is 13.2 Å². The molecule has 0 spiro atoms. The fraction of sp³-hybridized carbons (Fsp3) is 0.880. The Bertz CT molecular complexity index is 1220. The molecule has 376 valence electrons. The van der Waals surface area contributed by atoms with Crippen LogP contribution in [-0.4, -0.2) is 98.3 Å². The van der Waals surface area contributed by atoms with Crippen LogP contribution >= 0.6 is 7.82 Å². The van der Waals surface area contributed by atoms with E-state index >= 15 is 0 Å². The van der Waals surface area contributed by atoms with Crippen molar-refractivity contribution in [2.45, 2.75) is 268 Å². The zero-order valence-corrected chi connectivity index (χ0v) is 41.0. The first kappa shape index (κ1) is 60.3. The first-order valence-corrected chi connectivity index (χ1v) is 27.1. The first-order valence-electron chi connectivity index (χ1n) is 25.6. The van der Waals surface area contributed by atoms with Gasteiger partial charge in [-0.25, -0.2) is 4.57 Å². The van der Waals surface area contributed by atoms with Gasteiger partial charge in [-0.15, -0.1) is 0 Å². The van der Waals surface area contributed by atoms with Crippen LogP contribution in [0.25, 0.3) is 0 Å². The van der Waals surface area contributed by atoms with Gasteiger partial charge in [0.2, 0.25) is 0 Å². The number of aliphatic hydroxyl groups is 5. The van der Waals surface area contributed by atoms with Crippen molar-refractivity contribution >= 4 is 19.8 Å². The number of aliphatic hydroxyl groups excluding tert-OH is 5. The maximum atomic E-state index is 12.8. The van der Waals surface area contributed by atoms with E-state index in [4.69, 9.17) is 18.5 Å². The lowest BCUT2D eigenvalue weighted by Gasteiger charge is -2.41. The van der Waals surface area contributed by atoms with Gasteiger partial charge in [-0.3, -0.25) is 18.6 Å². The number of hydrogen-bond donors (Lipinski definition) is 6. The van der Waals surface area contributed by atoms with Gasteiger partial charge in [0.05, 0.1) is 6.61 Å². The molecule has 0 aromatic rings. The summed E-state index contributed by atoms with van der Waals surface area (Å²) in [5, 5.41) is 50.2. The topological polar surface area (TPSA) is 210 Å². The summed E-state index contributed by atoms with van der Waals surface area (Å²) >= 11 is 0. The average molecular weight is 933 g/mol. The second-order valence-electron chi connectivity index (χ2n) is 18.0. The molecule has 64 heavy (non-hydrogen) atoms. The van der Waals surface area contributed by atoms with Gasteiger partial charge in [-0.2, -0.15) is 0 Å². The quantitative estimate of drug-likeness (QED) is 0.0146. The molecule has 0 radical (unpaired) electrons. The predicted octanol–water partition coefficient (Wildman–Crippen LogP) is 10.8. The van der Waals surface area contributed by atoms with E-state index in [2.05, 4.69) is 38.2 Å². The van der Waals surface area contributed by atoms with Crippen LogP contribution in [0.15, 0.2) is 24.3 Å². The summed E-state index contributed by atoms with van der Waals surface area (Å²) in [5.74, 6) is -1.09. The number of hydrogen-bond acceptors (Lipinski definition) is 12. The maximum absolute atomic E-state index is 12.8. The molecule has 0 aromatic heterocycles. The molecule has 14 heteroatoms. The largest absolute Gasteiger partial charge is 0.472 e. The van der Waals surface area contributed by atoms with Gasteiger partial charge in [0.1, 0.15) is 43.2 Å². The Kier molecular flexibility index (Phi) is 38.1. The third-order valence-corrected chi connectivity index (χ3v) is 13.0. The van der Waals surface area contributed by atoms with Crippen molar-refractivity contribution in [1.82, 2.24) is 0 Å². The number of esters is 2. The molecule has 0 heterocycles. The van der Waals surface area contributed by atoms with Gasteiger partial charge in [0.15, 0.2) is 6.10 Å². The summed E-state index contributed by atoms with van der Waals surface area (Å²) in [6.07, 6.45) is 32.2. The second kappa shape index (κ2) is 40.4. The van der Waals surface area contributed by atoms with Crippen LogP contribution in [0.3, 0.4) is 0 Å². The first-order chi connectivity index (χ1) is 30.9. The fourth-order valence-electron chi connectivity index (χ4n) is 7.91. The molecule has 0 saturated heterocycles. The van der Waals surface area contributed by atoms with Gasteiger partial charge in [0.25, 0.3) is 0 Å². The van der Waals surface area contributed by atoms with E-state index in [0.29, 0.717) is 12.8 Å². The Hall–Kier alpha value is -1.67. The van der Waals surface area contributed by atoms with Crippen molar-refractivity contribution < 1.29 is 63.1 Å². The molecule has 1 fully saturated rings. The van der Waals surface area contributed by atoms with Crippen molar-refractivity contribution in [3.8, 4) is 0 Å². The standard InChI is InChI=1S/C50H93O13P/c1-3-5-7-9-11-13-15-17-19-20-21-22-23-24-25-27-29-31-33-35-37-39-44(52)62-42(41-61-64(58,59)63-50-48(56)46(54)45(53)47(55)49(50)57)40-60-43(51)38-36-34-32-30-28-26-18-16-14-12-10-8-6-4-2/h15,17,20-21,42,45-50,53-57H,3-14,16,18-19,22-41H2,1-2H3,(H,58,59)/b17-15-,21-20-. The Morgan fingerprint density at radius 1 is 0.484 bits per heavy atom. The van der Waals surface area contributed by atoms with Crippen LogP contribution in [0.1, 0.15) is 226 Å². The van der Waals surface area contributed by atoms with Crippen LogP contribution in [-0.2, 0) is 32.7 Å². The SMILES string of the molecule is CCCCCCC/C=C\C/C=C\CCCCCCCCCCCC(=O)OC(COC(=O)CCCCCCCCCCCCCCCC)COP(=O)(O)OC1C(O)C(O)C(O)C(O)C1O. The number of phosphoric acid groups is 1. The van der Waals surface area contributed by atoms with Gasteiger partial charge in [-0.05, 0) is 44.9 Å². The average Bonchev–Trinajstić information content (AvgIpc) is 3.28. The van der Waals surface area contributed by atoms with Gasteiger partial charge >= 0.3 is 19.8 Å². The summed E-state index contributed by atoms with van der Waals surface area (Å²) in [6, 6.07) is 0. The molecule has 0 bridgehead atoms. The highest BCUT2D eigenvalue weighted by atomic mass is 31.2. The van der Waals surface area contributed by atoms with Crippen LogP contribution < -0.4 is 0 Å². The highest BCUT2D eigenvalue weighted by Gasteiger charge is 2.51. The molecule has 0 aliphatic heterocycles. The Morgan fingerprint density at radius 3 is 1.27 bits per heavy atom. The van der Waals surface area contributed by atoms with Crippen molar-refractivity contribution in [2.24, 2.45) is 0 Å². The van der Waals surface area contributed by atoms with Crippen molar-refractivity contribution in [1.29, 1.82) is 0 Å². The lowest BCUT2D eigenvalue weighted by molar-refractivity contribution is -0.220. The summed E-state index contributed by atoms with van der Waals surface area (Å²) < 4.78 is 33.6. The second-order valence-corrected chi connectivity index (χ2v) is 19.4. The van der Waals surface area contributed by atoms with Crippen LogP contribution in [0.4, 0.5) is 0 Å². The molecular weight excluding hydrogens is 840 g/mol. The molecule has 1 aliphatic rings. The number of ether oxygens (including phenoxy) is 2. The Balaban J connectivity index is 2.39. The van der Waals surface area contributed by atoms with E-state index in [-0.39, 0.29) is 12.8 Å². The van der Waals surface area contributed by atoms with E-state index in [1.165, 1.54) is 128 Å². The fourth-order valence-corrected chi connectivity index (χ4v) is 8.88. The number of carbonyl (C=O) groups is 2. The zero-order chi connectivity index (χ0) is 47.1. The van der Waals surface area contributed by atoms with Crippen molar-refractivity contribution in [3.63, 3.8) is 0 Å². The third-order valence-electron chi connectivity index (χ3n) is 12.0. The highest BCUT2D eigenvalue weighted by molar-refractivity contribution is 7.47. The lowest BCUT2D eigenvalue weighted by atomic mass is 9.85. The molecular formula is C50H93O13P. The Labute approximate surface area is 387 Å². The summed E-state index contributed by atoms with van der Waals surface area (Å²) in [6.45, 7) is 3.31. The molecule has 0 amide bonds. The predicted molar refractivity (Wildman–Crippen MR) is 254 cm³/mol. The molecule has 1 rings (SSSR count). The normalized spacial score (nSPS) is 21.7. The monoisotopic (exact) mass is 933 g/mol. The van der Waals surface area contributed by atoms with Crippen LogP contribution in [0.5, 0.6) is 0 Å². The smallest absolute Gasteiger partial charge is 0.462 e. The zero-order valence-electron chi connectivity index (χ0n) is 40.1.